The topological polar surface area (TPSA) is 17.1 Å². The number of ketones is 1. The van der Waals surface area contributed by atoms with E-state index >= 15 is 0 Å². The molecular weight excluding hydrogens is 239 g/mol. The van der Waals surface area contributed by atoms with Crippen molar-refractivity contribution >= 4 is 5.78 Å². The molecule has 1 fully saturated rings. The molecule has 2 rings (SSSR count). The van der Waals surface area contributed by atoms with Gasteiger partial charge in [0.05, 0.1) is 0 Å². The van der Waals surface area contributed by atoms with Crippen molar-refractivity contribution in [2.24, 2.45) is 5.92 Å². The first-order valence-corrected chi connectivity index (χ1v) is 7.44. The van der Waals surface area contributed by atoms with Crippen molar-refractivity contribution in [1.29, 1.82) is 0 Å². The Morgan fingerprint density at radius 2 is 1.79 bits per heavy atom. The fourth-order valence-electron chi connectivity index (χ4n) is 2.94. The third-order valence-corrected chi connectivity index (χ3v) is 4.24. The van der Waals surface area contributed by atoms with Crippen LogP contribution in [0.1, 0.15) is 56.1 Å². The molecule has 0 N–H and O–H groups in total. The average molecular weight is 262 g/mol. The minimum Gasteiger partial charge on any atom is -0.299 e. The van der Waals surface area contributed by atoms with Crippen molar-refractivity contribution in [2.45, 2.75) is 58.3 Å². The van der Waals surface area contributed by atoms with E-state index in [0.29, 0.717) is 12.2 Å². The highest BCUT2D eigenvalue weighted by molar-refractivity contribution is 5.83. The number of aryl methyl sites for hydroxylation is 1. The lowest BCUT2D eigenvalue weighted by Crippen LogP contribution is -2.18. The van der Waals surface area contributed by atoms with E-state index in [0.717, 1.165) is 24.0 Å². The van der Waals surface area contributed by atoms with Gasteiger partial charge < -0.3 is 0 Å². The molecule has 1 aromatic carbocycles. The first kappa shape index (κ1) is 14.2. The van der Waals surface area contributed by atoms with Gasteiger partial charge in [-0.1, -0.05) is 38.2 Å². The molecule has 0 amide bonds. The van der Waals surface area contributed by atoms with Crippen LogP contribution in [0.4, 0.5) is 4.39 Å². The lowest BCUT2D eigenvalue weighted by Gasteiger charge is -2.19. The largest absolute Gasteiger partial charge is 0.299 e. The number of carbonyl (C=O) groups is 1. The highest BCUT2D eigenvalue weighted by Gasteiger charge is 2.20. The van der Waals surface area contributed by atoms with Gasteiger partial charge in [0.15, 0.2) is 0 Å². The van der Waals surface area contributed by atoms with Crippen LogP contribution in [0.3, 0.4) is 0 Å². The second-order valence-electron chi connectivity index (χ2n) is 5.76. The van der Waals surface area contributed by atoms with Crippen molar-refractivity contribution in [3.63, 3.8) is 0 Å². The van der Waals surface area contributed by atoms with E-state index in [1.165, 1.54) is 44.2 Å². The maximum absolute atomic E-state index is 13.2. The van der Waals surface area contributed by atoms with E-state index in [2.05, 4.69) is 0 Å². The Morgan fingerprint density at radius 1 is 1.16 bits per heavy atom. The number of benzene rings is 1. The molecule has 1 aliphatic carbocycles. The minimum absolute atomic E-state index is 0.197. The monoisotopic (exact) mass is 262 g/mol. The molecular formula is C17H23FO. The molecule has 1 aliphatic rings. The highest BCUT2D eigenvalue weighted by Crippen LogP contribution is 2.24. The van der Waals surface area contributed by atoms with Gasteiger partial charge in [0.1, 0.15) is 11.6 Å². The van der Waals surface area contributed by atoms with Crippen molar-refractivity contribution in [2.75, 3.05) is 0 Å². The van der Waals surface area contributed by atoms with Crippen molar-refractivity contribution < 1.29 is 9.18 Å². The predicted molar refractivity (Wildman–Crippen MR) is 75.7 cm³/mol. The zero-order chi connectivity index (χ0) is 13.7. The summed E-state index contributed by atoms with van der Waals surface area (Å²) in [6.45, 7) is 1.94. The Kier molecular flexibility index (Phi) is 5.12. The second-order valence-corrected chi connectivity index (χ2v) is 5.76. The van der Waals surface area contributed by atoms with Gasteiger partial charge in [0, 0.05) is 12.3 Å². The maximum atomic E-state index is 13.2. The van der Waals surface area contributed by atoms with Crippen molar-refractivity contribution in [3.8, 4) is 0 Å². The number of hydrogen-bond donors (Lipinski definition) is 0. The van der Waals surface area contributed by atoms with Gasteiger partial charge in [0.25, 0.3) is 0 Å². The molecule has 104 valence electrons. The minimum atomic E-state index is -0.244. The standard InChI is InChI=1S/C17H23FO/c1-13-9-10-16(18)11-15(13)12-17(19)14-7-5-3-2-4-6-8-14/h9-11,14H,2-8,12H2,1H3. The molecule has 0 heterocycles. The quantitative estimate of drug-likeness (QED) is 0.777. The molecule has 0 bridgehead atoms. The Hall–Kier alpha value is -1.18. The van der Waals surface area contributed by atoms with Crippen LogP contribution in [0.15, 0.2) is 18.2 Å². The number of hydrogen-bond acceptors (Lipinski definition) is 1. The number of rotatable bonds is 3. The van der Waals surface area contributed by atoms with E-state index < -0.39 is 0 Å². The van der Waals surface area contributed by atoms with Crippen molar-refractivity contribution in [3.05, 3.63) is 35.1 Å². The maximum Gasteiger partial charge on any atom is 0.140 e. The van der Waals surface area contributed by atoms with E-state index in [1.807, 2.05) is 6.92 Å². The van der Waals surface area contributed by atoms with Crippen LogP contribution < -0.4 is 0 Å². The molecule has 19 heavy (non-hydrogen) atoms. The Labute approximate surface area is 115 Å². The second kappa shape index (κ2) is 6.83. The molecule has 0 atom stereocenters. The summed E-state index contributed by atoms with van der Waals surface area (Å²) in [5.74, 6) is 0.254. The van der Waals surface area contributed by atoms with E-state index in [1.54, 1.807) is 6.07 Å². The van der Waals surface area contributed by atoms with Crippen LogP contribution in [0.2, 0.25) is 0 Å². The molecule has 0 saturated heterocycles. The first-order chi connectivity index (χ1) is 9.16. The summed E-state index contributed by atoms with van der Waals surface area (Å²) in [5.41, 5.74) is 1.87. The zero-order valence-electron chi connectivity index (χ0n) is 11.8. The SMILES string of the molecule is Cc1ccc(F)cc1CC(=O)C1CCCCCCC1. The lowest BCUT2D eigenvalue weighted by atomic mass is 9.85. The summed E-state index contributed by atoms with van der Waals surface area (Å²) in [4.78, 5) is 12.4. The molecule has 0 unspecified atom stereocenters. The summed E-state index contributed by atoms with van der Waals surface area (Å²) in [5, 5.41) is 0. The summed E-state index contributed by atoms with van der Waals surface area (Å²) in [7, 11) is 0. The molecule has 0 spiro atoms. The van der Waals surface area contributed by atoms with E-state index in [9.17, 15) is 9.18 Å². The van der Waals surface area contributed by atoms with Gasteiger partial charge >= 0.3 is 0 Å². The van der Waals surface area contributed by atoms with Gasteiger partial charge in [-0.05, 0) is 43.0 Å². The van der Waals surface area contributed by atoms with Gasteiger partial charge in [-0.3, -0.25) is 4.79 Å². The Bertz CT molecular complexity index is 431. The molecule has 1 saturated carbocycles. The molecule has 2 heteroatoms. The molecule has 1 nitrogen and oxygen atoms in total. The number of Topliss-reactive ketones (excluding diaryl/α,β-unsaturated/α-hetero) is 1. The zero-order valence-corrected chi connectivity index (χ0v) is 11.8. The summed E-state index contributed by atoms with van der Waals surface area (Å²) in [6, 6.07) is 4.73. The van der Waals surface area contributed by atoms with Crippen LogP contribution in [0.5, 0.6) is 0 Å². The summed E-state index contributed by atoms with van der Waals surface area (Å²) < 4.78 is 13.2. The molecule has 0 radical (unpaired) electrons. The van der Waals surface area contributed by atoms with Crippen LogP contribution >= 0.6 is 0 Å². The Morgan fingerprint density at radius 3 is 2.47 bits per heavy atom. The van der Waals surface area contributed by atoms with Gasteiger partial charge in [-0.25, -0.2) is 4.39 Å². The van der Waals surface area contributed by atoms with Gasteiger partial charge in [-0.2, -0.15) is 0 Å². The van der Waals surface area contributed by atoms with Gasteiger partial charge in [-0.15, -0.1) is 0 Å². The Balaban J connectivity index is 2.00. The third kappa shape index (κ3) is 4.15. The molecule has 1 aromatic rings. The first-order valence-electron chi connectivity index (χ1n) is 7.44. The predicted octanol–water partition coefficient (Wildman–Crippen LogP) is 4.61. The number of carbonyl (C=O) groups excluding carboxylic acids is 1. The van der Waals surface area contributed by atoms with E-state index in [-0.39, 0.29) is 11.7 Å². The van der Waals surface area contributed by atoms with Crippen LogP contribution in [-0.4, -0.2) is 5.78 Å². The van der Waals surface area contributed by atoms with Crippen LogP contribution in [0, 0.1) is 18.7 Å². The summed E-state index contributed by atoms with van der Waals surface area (Å²) >= 11 is 0. The third-order valence-electron chi connectivity index (χ3n) is 4.24. The molecule has 0 aliphatic heterocycles. The average Bonchev–Trinajstić information content (AvgIpc) is 2.33. The lowest BCUT2D eigenvalue weighted by molar-refractivity contribution is -0.122. The normalized spacial score (nSPS) is 17.8. The van der Waals surface area contributed by atoms with Crippen molar-refractivity contribution in [1.82, 2.24) is 0 Å². The molecule has 0 aromatic heterocycles. The fraction of sp³-hybridized carbons (Fsp3) is 0.588. The van der Waals surface area contributed by atoms with Crippen LogP contribution in [-0.2, 0) is 11.2 Å². The number of halogens is 1. The summed E-state index contributed by atoms with van der Waals surface area (Å²) in [6.07, 6.45) is 8.58. The van der Waals surface area contributed by atoms with E-state index in [4.69, 9.17) is 0 Å². The highest BCUT2D eigenvalue weighted by atomic mass is 19.1. The fourth-order valence-corrected chi connectivity index (χ4v) is 2.94. The van der Waals surface area contributed by atoms with Gasteiger partial charge in [0.2, 0.25) is 0 Å². The van der Waals surface area contributed by atoms with Crippen LogP contribution in [0.25, 0.3) is 0 Å². The smallest absolute Gasteiger partial charge is 0.140 e.